The second-order valence-corrected chi connectivity index (χ2v) is 6.08. The molecule has 1 aliphatic heterocycles. The van der Waals surface area contributed by atoms with Crippen LogP contribution in [0.2, 0.25) is 0 Å². The zero-order chi connectivity index (χ0) is 11.9. The Bertz CT molecular complexity index is 538. The molecule has 0 radical (unpaired) electrons. The van der Waals surface area contributed by atoms with Gasteiger partial charge in [-0.2, -0.15) is 0 Å². The van der Waals surface area contributed by atoms with E-state index in [1.165, 1.54) is 33.6 Å². The number of hydrogen-bond donors (Lipinski definition) is 1. The molecule has 0 amide bonds. The standard InChI is InChI=1S/C14H18N2S/c1-3-14(6-7-15-9-14)13-16-11-8-10(2)4-5-12(11)17-13/h4-5,8,15H,3,6-7,9H2,1-2H3. The van der Waals surface area contributed by atoms with E-state index in [0.717, 1.165) is 13.1 Å². The van der Waals surface area contributed by atoms with Crippen molar-refractivity contribution >= 4 is 21.6 Å². The number of thiazole rings is 1. The number of nitrogens with one attached hydrogen (secondary N) is 1. The molecule has 1 N–H and O–H groups in total. The molecule has 3 rings (SSSR count). The molecule has 0 bridgehead atoms. The lowest BCUT2D eigenvalue weighted by Crippen LogP contribution is -2.27. The normalized spacial score (nSPS) is 24.6. The van der Waals surface area contributed by atoms with Crippen LogP contribution in [0.4, 0.5) is 0 Å². The van der Waals surface area contributed by atoms with Crippen molar-refractivity contribution in [1.82, 2.24) is 10.3 Å². The van der Waals surface area contributed by atoms with E-state index in [1.807, 2.05) is 11.3 Å². The van der Waals surface area contributed by atoms with Crippen LogP contribution in [0, 0.1) is 6.92 Å². The van der Waals surface area contributed by atoms with Gasteiger partial charge in [-0.3, -0.25) is 0 Å². The Hall–Kier alpha value is -0.930. The van der Waals surface area contributed by atoms with E-state index in [1.54, 1.807) is 0 Å². The molecule has 2 heterocycles. The van der Waals surface area contributed by atoms with Crippen LogP contribution in [0.5, 0.6) is 0 Å². The summed E-state index contributed by atoms with van der Waals surface area (Å²) in [5.41, 5.74) is 2.76. The van der Waals surface area contributed by atoms with Crippen LogP contribution in [0.1, 0.15) is 30.3 Å². The Balaban J connectivity index is 2.11. The number of rotatable bonds is 2. The van der Waals surface area contributed by atoms with Crippen molar-refractivity contribution in [2.24, 2.45) is 0 Å². The van der Waals surface area contributed by atoms with Gasteiger partial charge in [0.2, 0.25) is 0 Å². The van der Waals surface area contributed by atoms with Gasteiger partial charge < -0.3 is 5.32 Å². The molecule has 2 aromatic rings. The van der Waals surface area contributed by atoms with E-state index in [0.29, 0.717) is 0 Å². The van der Waals surface area contributed by atoms with Gasteiger partial charge >= 0.3 is 0 Å². The maximum atomic E-state index is 4.88. The number of aryl methyl sites for hydroxylation is 1. The fourth-order valence-electron chi connectivity index (χ4n) is 2.64. The Morgan fingerprint density at radius 3 is 3.06 bits per heavy atom. The maximum Gasteiger partial charge on any atom is 0.101 e. The van der Waals surface area contributed by atoms with Gasteiger partial charge in [0.05, 0.1) is 10.2 Å². The third-order valence-electron chi connectivity index (χ3n) is 3.92. The molecule has 1 fully saturated rings. The summed E-state index contributed by atoms with van der Waals surface area (Å²) in [4.78, 5) is 4.88. The van der Waals surface area contributed by atoms with Gasteiger partial charge in [0, 0.05) is 12.0 Å². The third kappa shape index (κ3) is 1.78. The largest absolute Gasteiger partial charge is 0.316 e. The highest BCUT2D eigenvalue weighted by molar-refractivity contribution is 7.18. The van der Waals surface area contributed by atoms with Gasteiger partial charge in [-0.1, -0.05) is 13.0 Å². The second kappa shape index (κ2) is 4.07. The first-order chi connectivity index (χ1) is 8.23. The summed E-state index contributed by atoms with van der Waals surface area (Å²) in [6, 6.07) is 6.58. The number of benzene rings is 1. The van der Waals surface area contributed by atoms with Crippen LogP contribution < -0.4 is 5.32 Å². The van der Waals surface area contributed by atoms with E-state index >= 15 is 0 Å². The van der Waals surface area contributed by atoms with Gasteiger partial charge in [-0.05, 0) is 44.0 Å². The molecule has 2 nitrogen and oxygen atoms in total. The van der Waals surface area contributed by atoms with E-state index in [4.69, 9.17) is 4.98 Å². The fourth-order valence-corrected chi connectivity index (χ4v) is 3.88. The summed E-state index contributed by atoms with van der Waals surface area (Å²) in [7, 11) is 0. The highest BCUT2D eigenvalue weighted by Crippen LogP contribution is 2.38. The highest BCUT2D eigenvalue weighted by Gasteiger charge is 2.36. The van der Waals surface area contributed by atoms with Gasteiger partial charge in [0.25, 0.3) is 0 Å². The quantitative estimate of drug-likeness (QED) is 0.880. The zero-order valence-electron chi connectivity index (χ0n) is 10.4. The van der Waals surface area contributed by atoms with Crippen LogP contribution in [0.3, 0.4) is 0 Å². The van der Waals surface area contributed by atoms with Gasteiger partial charge in [-0.15, -0.1) is 11.3 Å². The Labute approximate surface area is 106 Å². The molecule has 1 aliphatic rings. The molecule has 90 valence electrons. The lowest BCUT2D eigenvalue weighted by molar-refractivity contribution is 0.452. The maximum absolute atomic E-state index is 4.88. The Morgan fingerprint density at radius 1 is 1.47 bits per heavy atom. The molecule has 1 aromatic carbocycles. The van der Waals surface area contributed by atoms with Gasteiger partial charge in [-0.25, -0.2) is 4.98 Å². The van der Waals surface area contributed by atoms with Gasteiger partial charge in [0.1, 0.15) is 5.01 Å². The first-order valence-corrected chi connectivity index (χ1v) is 7.13. The van der Waals surface area contributed by atoms with Crippen LogP contribution >= 0.6 is 11.3 Å². The van der Waals surface area contributed by atoms with Crippen molar-refractivity contribution in [2.75, 3.05) is 13.1 Å². The highest BCUT2D eigenvalue weighted by atomic mass is 32.1. The Kier molecular flexibility index (Phi) is 2.68. The molecule has 1 unspecified atom stereocenters. The topological polar surface area (TPSA) is 24.9 Å². The summed E-state index contributed by atoms with van der Waals surface area (Å²) < 4.78 is 1.32. The molecule has 0 saturated carbocycles. The van der Waals surface area contributed by atoms with Crippen molar-refractivity contribution in [3.05, 3.63) is 28.8 Å². The number of fused-ring (bicyclic) bond motifs is 1. The minimum absolute atomic E-state index is 0.289. The number of aromatic nitrogens is 1. The molecular formula is C14H18N2S. The van der Waals surface area contributed by atoms with Crippen molar-refractivity contribution in [3.63, 3.8) is 0 Å². The zero-order valence-corrected chi connectivity index (χ0v) is 11.2. The van der Waals surface area contributed by atoms with Gasteiger partial charge in [0.15, 0.2) is 0 Å². The average Bonchev–Trinajstić information content (AvgIpc) is 2.94. The van der Waals surface area contributed by atoms with E-state index in [9.17, 15) is 0 Å². The fraction of sp³-hybridized carbons (Fsp3) is 0.500. The molecule has 1 atom stereocenters. The molecule has 1 saturated heterocycles. The summed E-state index contributed by atoms with van der Waals surface area (Å²) >= 11 is 1.88. The first kappa shape index (κ1) is 11.2. The molecule has 0 aliphatic carbocycles. The summed E-state index contributed by atoms with van der Waals surface area (Å²) in [5, 5.41) is 4.81. The average molecular weight is 246 g/mol. The van der Waals surface area contributed by atoms with E-state index in [-0.39, 0.29) is 5.41 Å². The van der Waals surface area contributed by atoms with Crippen LogP contribution in [-0.4, -0.2) is 18.1 Å². The lowest BCUT2D eigenvalue weighted by Gasteiger charge is -2.23. The predicted molar refractivity (Wildman–Crippen MR) is 73.8 cm³/mol. The lowest BCUT2D eigenvalue weighted by atomic mass is 9.85. The number of nitrogens with zero attached hydrogens (tertiary/aromatic N) is 1. The molecule has 0 spiro atoms. The van der Waals surface area contributed by atoms with Crippen LogP contribution in [-0.2, 0) is 5.41 Å². The van der Waals surface area contributed by atoms with E-state index < -0.39 is 0 Å². The summed E-state index contributed by atoms with van der Waals surface area (Å²) in [6.07, 6.45) is 2.40. The van der Waals surface area contributed by atoms with Crippen LogP contribution in [0.25, 0.3) is 10.2 Å². The SMILES string of the molecule is CCC1(c2nc3cc(C)ccc3s2)CCNC1. The van der Waals surface area contributed by atoms with Crippen molar-refractivity contribution < 1.29 is 0 Å². The summed E-state index contributed by atoms with van der Waals surface area (Å²) in [6.45, 7) is 6.63. The second-order valence-electron chi connectivity index (χ2n) is 5.05. The van der Waals surface area contributed by atoms with Crippen molar-refractivity contribution in [3.8, 4) is 0 Å². The minimum Gasteiger partial charge on any atom is -0.316 e. The summed E-state index contributed by atoms with van der Waals surface area (Å²) in [5.74, 6) is 0. The minimum atomic E-state index is 0.289. The molecule has 17 heavy (non-hydrogen) atoms. The van der Waals surface area contributed by atoms with Crippen molar-refractivity contribution in [1.29, 1.82) is 0 Å². The molecular weight excluding hydrogens is 228 g/mol. The third-order valence-corrected chi connectivity index (χ3v) is 5.20. The molecule has 1 aromatic heterocycles. The van der Waals surface area contributed by atoms with E-state index in [2.05, 4.69) is 37.4 Å². The molecule has 3 heteroatoms. The smallest absolute Gasteiger partial charge is 0.101 e. The van der Waals surface area contributed by atoms with Crippen LogP contribution in [0.15, 0.2) is 18.2 Å². The monoisotopic (exact) mass is 246 g/mol. The Morgan fingerprint density at radius 2 is 2.35 bits per heavy atom. The number of hydrogen-bond acceptors (Lipinski definition) is 3. The first-order valence-electron chi connectivity index (χ1n) is 6.32. The van der Waals surface area contributed by atoms with Crippen molar-refractivity contribution in [2.45, 2.75) is 32.1 Å². The predicted octanol–water partition coefficient (Wildman–Crippen LogP) is 3.25.